The minimum absolute atomic E-state index is 0.0228. The highest BCUT2D eigenvalue weighted by molar-refractivity contribution is 9.10. The van der Waals surface area contributed by atoms with E-state index in [-0.39, 0.29) is 30.5 Å². The molecule has 0 radical (unpaired) electrons. The summed E-state index contributed by atoms with van der Waals surface area (Å²) in [5, 5.41) is 13.6. The van der Waals surface area contributed by atoms with Crippen molar-refractivity contribution >= 4 is 44.8 Å². The van der Waals surface area contributed by atoms with Crippen molar-refractivity contribution in [3.63, 3.8) is 0 Å². The Kier molecular flexibility index (Phi) is 4.99. The molecule has 1 aliphatic rings. The van der Waals surface area contributed by atoms with Crippen molar-refractivity contribution in [2.24, 2.45) is 5.92 Å². The van der Waals surface area contributed by atoms with Crippen LogP contribution in [0.25, 0.3) is 0 Å². The fourth-order valence-electron chi connectivity index (χ4n) is 2.75. The summed E-state index contributed by atoms with van der Waals surface area (Å²) in [5.74, 6) is -2.25. The molecular formula is C17H13BrFN3O4. The average molecular weight is 422 g/mol. The van der Waals surface area contributed by atoms with Gasteiger partial charge in [0.25, 0.3) is 0 Å². The summed E-state index contributed by atoms with van der Waals surface area (Å²) in [7, 11) is 0. The molecule has 2 aromatic rings. The maximum atomic E-state index is 13.5. The Morgan fingerprint density at radius 1 is 1.31 bits per heavy atom. The summed E-state index contributed by atoms with van der Waals surface area (Å²) < 4.78 is 14.3. The van der Waals surface area contributed by atoms with Gasteiger partial charge in [-0.2, -0.15) is 4.39 Å². The third-order valence-corrected chi connectivity index (χ3v) is 4.52. The predicted octanol–water partition coefficient (Wildman–Crippen LogP) is 3.49. The van der Waals surface area contributed by atoms with Crippen LogP contribution >= 0.6 is 15.9 Å². The number of nitrogens with zero attached hydrogens (tertiary/aromatic N) is 2. The van der Waals surface area contributed by atoms with Crippen molar-refractivity contribution in [3.05, 3.63) is 62.9 Å². The number of anilines is 2. The highest BCUT2D eigenvalue weighted by atomic mass is 79.9. The molecule has 1 fully saturated rings. The van der Waals surface area contributed by atoms with Gasteiger partial charge in [-0.25, -0.2) is 0 Å². The predicted molar refractivity (Wildman–Crippen MR) is 96.3 cm³/mol. The van der Waals surface area contributed by atoms with E-state index >= 15 is 0 Å². The number of hydrogen-bond acceptors (Lipinski definition) is 4. The van der Waals surface area contributed by atoms with E-state index in [1.165, 1.54) is 11.0 Å². The molecule has 3 rings (SSSR count). The van der Waals surface area contributed by atoms with Gasteiger partial charge in [0, 0.05) is 29.2 Å². The number of benzene rings is 2. The molecule has 2 aromatic carbocycles. The van der Waals surface area contributed by atoms with Gasteiger partial charge >= 0.3 is 5.69 Å². The second-order valence-corrected chi connectivity index (χ2v) is 6.71. The molecule has 1 saturated heterocycles. The number of nitrogens with one attached hydrogen (secondary N) is 1. The van der Waals surface area contributed by atoms with Gasteiger partial charge in [-0.05, 0) is 30.3 Å². The first-order chi connectivity index (χ1) is 12.3. The van der Waals surface area contributed by atoms with Crippen molar-refractivity contribution in [1.82, 2.24) is 0 Å². The molecule has 0 bridgehead atoms. The maximum Gasteiger partial charge on any atom is 0.306 e. The SMILES string of the molecule is O=C(Nc1cccc(Br)c1)C1CC(=O)N(c2ccc(F)c([N+](=O)[O-])c2)C1. The Labute approximate surface area is 156 Å². The van der Waals surface area contributed by atoms with E-state index in [4.69, 9.17) is 0 Å². The van der Waals surface area contributed by atoms with Crippen LogP contribution in [-0.4, -0.2) is 23.3 Å². The summed E-state index contributed by atoms with van der Waals surface area (Å²) in [6.45, 7) is 0.0709. The van der Waals surface area contributed by atoms with E-state index < -0.39 is 22.3 Å². The highest BCUT2D eigenvalue weighted by Crippen LogP contribution is 2.30. The molecule has 1 unspecified atom stereocenters. The molecule has 134 valence electrons. The van der Waals surface area contributed by atoms with E-state index in [2.05, 4.69) is 21.2 Å². The topological polar surface area (TPSA) is 92.6 Å². The molecule has 2 amide bonds. The van der Waals surface area contributed by atoms with Gasteiger partial charge < -0.3 is 10.2 Å². The Morgan fingerprint density at radius 3 is 2.77 bits per heavy atom. The van der Waals surface area contributed by atoms with E-state index in [0.717, 1.165) is 16.6 Å². The minimum Gasteiger partial charge on any atom is -0.326 e. The normalized spacial score (nSPS) is 16.6. The molecule has 0 spiro atoms. The molecule has 9 heteroatoms. The van der Waals surface area contributed by atoms with Crippen molar-refractivity contribution in [2.75, 3.05) is 16.8 Å². The molecule has 0 saturated carbocycles. The number of amides is 2. The molecule has 1 aliphatic heterocycles. The monoisotopic (exact) mass is 421 g/mol. The van der Waals surface area contributed by atoms with Crippen LogP contribution in [-0.2, 0) is 9.59 Å². The zero-order chi connectivity index (χ0) is 18.8. The number of nitro groups is 1. The second kappa shape index (κ2) is 7.20. The van der Waals surface area contributed by atoms with E-state index in [9.17, 15) is 24.1 Å². The molecule has 0 aromatic heterocycles. The van der Waals surface area contributed by atoms with Crippen LogP contribution in [0.15, 0.2) is 46.9 Å². The Morgan fingerprint density at radius 2 is 2.08 bits per heavy atom. The minimum atomic E-state index is -0.977. The summed E-state index contributed by atoms with van der Waals surface area (Å²) in [4.78, 5) is 35.9. The smallest absolute Gasteiger partial charge is 0.306 e. The van der Waals surface area contributed by atoms with Gasteiger partial charge in [-0.3, -0.25) is 19.7 Å². The molecule has 0 aliphatic carbocycles. The summed E-state index contributed by atoms with van der Waals surface area (Å²) >= 11 is 3.31. The van der Waals surface area contributed by atoms with Gasteiger partial charge in [-0.15, -0.1) is 0 Å². The van der Waals surface area contributed by atoms with Gasteiger partial charge in [0.2, 0.25) is 17.6 Å². The van der Waals surface area contributed by atoms with Gasteiger partial charge in [0.15, 0.2) is 0 Å². The molecule has 1 heterocycles. The van der Waals surface area contributed by atoms with Crippen LogP contribution in [0.3, 0.4) is 0 Å². The van der Waals surface area contributed by atoms with Gasteiger partial charge in [0.05, 0.1) is 16.5 Å². The maximum absolute atomic E-state index is 13.5. The Bertz CT molecular complexity index is 905. The number of carbonyl (C=O) groups is 2. The van der Waals surface area contributed by atoms with Crippen LogP contribution in [0.1, 0.15) is 6.42 Å². The van der Waals surface area contributed by atoms with Crippen molar-refractivity contribution in [3.8, 4) is 0 Å². The first kappa shape index (κ1) is 18.0. The molecule has 26 heavy (non-hydrogen) atoms. The third-order valence-electron chi connectivity index (χ3n) is 4.03. The molecule has 1 atom stereocenters. The Balaban J connectivity index is 1.75. The van der Waals surface area contributed by atoms with Crippen LogP contribution in [0.5, 0.6) is 0 Å². The number of carbonyl (C=O) groups excluding carboxylic acids is 2. The highest BCUT2D eigenvalue weighted by Gasteiger charge is 2.36. The zero-order valence-corrected chi connectivity index (χ0v) is 14.9. The Hall–Kier alpha value is -2.81. The van der Waals surface area contributed by atoms with Gasteiger partial charge in [0.1, 0.15) is 0 Å². The summed E-state index contributed by atoms with van der Waals surface area (Å²) in [5.41, 5.74) is 0.0749. The lowest BCUT2D eigenvalue weighted by Gasteiger charge is -2.16. The fraction of sp³-hybridized carbons (Fsp3) is 0.176. The lowest BCUT2D eigenvalue weighted by atomic mass is 10.1. The molecule has 1 N–H and O–H groups in total. The van der Waals surface area contributed by atoms with Crippen molar-refractivity contribution < 1.29 is 18.9 Å². The first-order valence-corrected chi connectivity index (χ1v) is 8.45. The number of rotatable bonds is 4. The standard InChI is InChI=1S/C17H13BrFN3O4/c18-11-2-1-3-12(7-11)20-17(24)10-6-16(23)21(9-10)13-4-5-14(19)15(8-13)22(25)26/h1-5,7-8,10H,6,9H2,(H,20,24). The number of halogens is 2. The number of hydrogen-bond donors (Lipinski definition) is 1. The van der Waals surface area contributed by atoms with E-state index in [1.54, 1.807) is 18.2 Å². The summed E-state index contributed by atoms with van der Waals surface area (Å²) in [6, 6.07) is 10.3. The van der Waals surface area contributed by atoms with Crippen molar-refractivity contribution in [2.45, 2.75) is 6.42 Å². The largest absolute Gasteiger partial charge is 0.326 e. The zero-order valence-electron chi connectivity index (χ0n) is 13.3. The van der Waals surface area contributed by atoms with Crippen LogP contribution in [0.4, 0.5) is 21.5 Å². The fourth-order valence-corrected chi connectivity index (χ4v) is 3.15. The van der Waals surface area contributed by atoms with Crippen molar-refractivity contribution in [1.29, 1.82) is 0 Å². The van der Waals surface area contributed by atoms with E-state index in [1.807, 2.05) is 6.07 Å². The van der Waals surface area contributed by atoms with E-state index in [0.29, 0.717) is 5.69 Å². The van der Waals surface area contributed by atoms with Crippen LogP contribution in [0, 0.1) is 21.8 Å². The second-order valence-electron chi connectivity index (χ2n) is 5.80. The lowest BCUT2D eigenvalue weighted by Crippen LogP contribution is -2.28. The molecular weight excluding hydrogens is 409 g/mol. The quantitative estimate of drug-likeness (QED) is 0.603. The molecule has 7 nitrogen and oxygen atoms in total. The van der Waals surface area contributed by atoms with Gasteiger partial charge in [-0.1, -0.05) is 22.0 Å². The lowest BCUT2D eigenvalue weighted by molar-refractivity contribution is -0.387. The van der Waals surface area contributed by atoms with Crippen LogP contribution in [0.2, 0.25) is 0 Å². The van der Waals surface area contributed by atoms with Crippen LogP contribution < -0.4 is 10.2 Å². The first-order valence-electron chi connectivity index (χ1n) is 7.66. The third kappa shape index (κ3) is 3.72. The average Bonchev–Trinajstić information content (AvgIpc) is 2.97. The summed E-state index contributed by atoms with van der Waals surface area (Å²) in [6.07, 6.45) is -0.0228. The number of nitro benzene ring substituents is 1.